The normalized spacial score (nSPS) is 12.3. The molecule has 1 amide bonds. The van der Waals surface area contributed by atoms with E-state index in [2.05, 4.69) is 5.32 Å². The van der Waals surface area contributed by atoms with E-state index in [0.29, 0.717) is 22.7 Å². The lowest BCUT2D eigenvalue weighted by atomic mass is 10.2. The van der Waals surface area contributed by atoms with Gasteiger partial charge < -0.3 is 14.8 Å². The van der Waals surface area contributed by atoms with Crippen LogP contribution in [0.15, 0.2) is 30.3 Å². The number of hydrogen-bond donors (Lipinski definition) is 1. The van der Waals surface area contributed by atoms with Crippen LogP contribution in [0.2, 0.25) is 0 Å². The van der Waals surface area contributed by atoms with Crippen LogP contribution in [0.5, 0.6) is 0 Å². The largest absolute Gasteiger partial charge is 0.462 e. The van der Waals surface area contributed by atoms with Gasteiger partial charge in [-0.3, -0.25) is 4.79 Å². The molecule has 0 unspecified atom stereocenters. The summed E-state index contributed by atoms with van der Waals surface area (Å²) in [6.45, 7) is 1.68. The maximum atomic E-state index is 12.0. The average Bonchev–Trinajstić information content (AvgIpc) is 3.22. The lowest BCUT2D eigenvalue weighted by molar-refractivity contribution is -0.119. The van der Waals surface area contributed by atoms with E-state index in [9.17, 15) is 14.4 Å². The second-order valence-electron chi connectivity index (χ2n) is 5.83. The molecule has 3 rings (SSSR count). The molecule has 26 heavy (non-hydrogen) atoms. The van der Waals surface area contributed by atoms with E-state index in [-0.39, 0.29) is 6.61 Å². The number of amides is 1. The summed E-state index contributed by atoms with van der Waals surface area (Å²) >= 11 is 1.44. The minimum absolute atomic E-state index is 0.302. The number of ether oxygens (including phenoxy) is 2. The van der Waals surface area contributed by atoms with Crippen LogP contribution in [0.25, 0.3) is 0 Å². The zero-order valence-corrected chi connectivity index (χ0v) is 15.2. The minimum Gasteiger partial charge on any atom is -0.462 e. The molecular formula is C19H19NO5S. The van der Waals surface area contributed by atoms with E-state index in [1.54, 1.807) is 31.2 Å². The van der Waals surface area contributed by atoms with E-state index >= 15 is 0 Å². The fourth-order valence-electron chi connectivity index (χ4n) is 2.73. The number of rotatable bonds is 6. The fraction of sp³-hybridized carbons (Fsp3) is 0.316. The van der Waals surface area contributed by atoms with Crippen LogP contribution in [0.4, 0.5) is 5.69 Å². The molecule has 0 saturated carbocycles. The Morgan fingerprint density at radius 3 is 2.54 bits per heavy atom. The Morgan fingerprint density at radius 2 is 1.85 bits per heavy atom. The number of hydrogen-bond acceptors (Lipinski definition) is 6. The van der Waals surface area contributed by atoms with E-state index in [1.165, 1.54) is 21.8 Å². The summed E-state index contributed by atoms with van der Waals surface area (Å²) in [6, 6.07) is 8.17. The molecule has 6 nitrogen and oxygen atoms in total. The molecule has 0 aliphatic heterocycles. The van der Waals surface area contributed by atoms with Crippen molar-refractivity contribution in [3.8, 4) is 0 Å². The average molecular weight is 373 g/mol. The van der Waals surface area contributed by atoms with Gasteiger partial charge in [-0.25, -0.2) is 9.59 Å². The predicted octanol–water partition coefficient (Wildman–Crippen LogP) is 3.21. The number of thiophene rings is 1. The number of benzene rings is 1. The highest BCUT2D eigenvalue weighted by atomic mass is 32.1. The first-order valence-corrected chi connectivity index (χ1v) is 9.24. The molecule has 1 aliphatic carbocycles. The molecule has 1 aromatic heterocycles. The first-order chi connectivity index (χ1) is 12.6. The molecule has 0 fully saturated rings. The van der Waals surface area contributed by atoms with Crippen molar-refractivity contribution in [2.24, 2.45) is 0 Å². The highest BCUT2D eigenvalue weighted by Gasteiger charge is 2.20. The predicted molar refractivity (Wildman–Crippen MR) is 97.7 cm³/mol. The van der Waals surface area contributed by atoms with Crippen LogP contribution < -0.4 is 5.32 Å². The molecule has 2 aromatic rings. The summed E-state index contributed by atoms with van der Waals surface area (Å²) in [5, 5.41) is 2.62. The quantitative estimate of drug-likeness (QED) is 0.787. The summed E-state index contributed by atoms with van der Waals surface area (Å²) in [5.74, 6) is -1.33. The molecule has 0 bridgehead atoms. The number of aryl methyl sites for hydroxylation is 2. The molecule has 1 aromatic carbocycles. The van der Waals surface area contributed by atoms with Gasteiger partial charge in [0.15, 0.2) is 6.61 Å². The van der Waals surface area contributed by atoms with Crippen molar-refractivity contribution >= 4 is 34.9 Å². The van der Waals surface area contributed by atoms with Crippen molar-refractivity contribution in [2.45, 2.75) is 26.2 Å². The van der Waals surface area contributed by atoms with Crippen molar-refractivity contribution in [3.05, 3.63) is 51.2 Å². The number of carbonyl (C=O) groups excluding carboxylic acids is 3. The zero-order chi connectivity index (χ0) is 18.5. The molecule has 7 heteroatoms. The lowest BCUT2D eigenvalue weighted by Crippen LogP contribution is -2.20. The zero-order valence-electron chi connectivity index (χ0n) is 14.4. The van der Waals surface area contributed by atoms with E-state index < -0.39 is 17.8 Å². The molecule has 1 aliphatic rings. The first-order valence-electron chi connectivity index (χ1n) is 8.42. The number of nitrogens with one attached hydrogen (secondary N) is 1. The van der Waals surface area contributed by atoms with Gasteiger partial charge in [0, 0.05) is 10.6 Å². The Morgan fingerprint density at radius 1 is 1.08 bits per heavy atom. The second-order valence-corrected chi connectivity index (χ2v) is 6.97. The van der Waals surface area contributed by atoms with Crippen molar-refractivity contribution in [3.63, 3.8) is 0 Å². The van der Waals surface area contributed by atoms with Gasteiger partial charge in [0.1, 0.15) is 4.88 Å². The van der Waals surface area contributed by atoms with Crippen LogP contribution in [0.3, 0.4) is 0 Å². The van der Waals surface area contributed by atoms with Crippen LogP contribution in [-0.2, 0) is 27.1 Å². The molecule has 0 spiro atoms. The topological polar surface area (TPSA) is 81.7 Å². The van der Waals surface area contributed by atoms with Gasteiger partial charge >= 0.3 is 11.9 Å². The van der Waals surface area contributed by atoms with E-state index in [4.69, 9.17) is 9.47 Å². The standard InChI is InChI=1S/C19H19NO5S/c1-2-24-18(22)12-6-8-14(9-7-12)20-17(21)11-25-19(23)16-10-13-4-3-5-15(13)26-16/h6-10H,2-5,11H2,1H3,(H,20,21). The Balaban J connectivity index is 1.49. The van der Waals surface area contributed by atoms with Crippen molar-refractivity contribution < 1.29 is 23.9 Å². The summed E-state index contributed by atoms with van der Waals surface area (Å²) in [5.41, 5.74) is 2.13. The number of carbonyl (C=O) groups is 3. The van der Waals surface area contributed by atoms with Gasteiger partial charge in [0.05, 0.1) is 12.2 Å². The van der Waals surface area contributed by atoms with Gasteiger partial charge in [0.2, 0.25) is 0 Å². The molecule has 0 radical (unpaired) electrons. The molecule has 0 saturated heterocycles. The van der Waals surface area contributed by atoms with Crippen molar-refractivity contribution in [1.82, 2.24) is 0 Å². The molecule has 1 N–H and O–H groups in total. The maximum absolute atomic E-state index is 12.0. The number of fused-ring (bicyclic) bond motifs is 1. The summed E-state index contributed by atoms with van der Waals surface area (Å²) < 4.78 is 9.97. The van der Waals surface area contributed by atoms with Crippen molar-refractivity contribution in [1.29, 1.82) is 0 Å². The Labute approximate surface area is 155 Å². The SMILES string of the molecule is CCOC(=O)c1ccc(NC(=O)COC(=O)c2cc3c(s2)CCC3)cc1. The Hall–Kier alpha value is -2.67. The highest BCUT2D eigenvalue weighted by Crippen LogP contribution is 2.30. The molecule has 136 valence electrons. The fourth-order valence-corrected chi connectivity index (χ4v) is 3.88. The van der Waals surface area contributed by atoms with Gasteiger partial charge in [0.25, 0.3) is 5.91 Å². The summed E-state index contributed by atoms with van der Waals surface area (Å²) in [6.07, 6.45) is 3.14. The minimum atomic E-state index is -0.475. The van der Waals surface area contributed by atoms with E-state index in [0.717, 1.165) is 19.3 Å². The van der Waals surface area contributed by atoms with Crippen molar-refractivity contribution in [2.75, 3.05) is 18.5 Å². The first kappa shape index (κ1) is 18.1. The molecule has 1 heterocycles. The third kappa shape index (κ3) is 4.29. The number of anilines is 1. The van der Waals surface area contributed by atoms with Gasteiger partial charge in [-0.05, 0) is 62.1 Å². The van der Waals surface area contributed by atoms with Crippen LogP contribution in [-0.4, -0.2) is 31.1 Å². The Bertz CT molecular complexity index is 803. The van der Waals surface area contributed by atoms with E-state index in [1.807, 2.05) is 6.07 Å². The Kier molecular flexibility index (Phi) is 5.68. The lowest BCUT2D eigenvalue weighted by Gasteiger charge is -2.07. The second kappa shape index (κ2) is 8.14. The monoisotopic (exact) mass is 373 g/mol. The highest BCUT2D eigenvalue weighted by molar-refractivity contribution is 7.14. The van der Waals surface area contributed by atoms with Crippen LogP contribution in [0.1, 0.15) is 43.8 Å². The third-order valence-electron chi connectivity index (χ3n) is 3.96. The van der Waals surface area contributed by atoms with Gasteiger partial charge in [-0.1, -0.05) is 0 Å². The summed E-state index contributed by atoms with van der Waals surface area (Å²) in [7, 11) is 0. The van der Waals surface area contributed by atoms with Gasteiger partial charge in [-0.15, -0.1) is 11.3 Å². The van der Waals surface area contributed by atoms with Crippen LogP contribution >= 0.6 is 11.3 Å². The van der Waals surface area contributed by atoms with Crippen LogP contribution in [0, 0.1) is 0 Å². The molecule has 0 atom stereocenters. The molecular weight excluding hydrogens is 354 g/mol. The third-order valence-corrected chi connectivity index (χ3v) is 5.18. The van der Waals surface area contributed by atoms with Gasteiger partial charge in [-0.2, -0.15) is 0 Å². The number of esters is 2. The smallest absolute Gasteiger partial charge is 0.348 e. The summed E-state index contributed by atoms with van der Waals surface area (Å²) in [4.78, 5) is 37.3. The maximum Gasteiger partial charge on any atom is 0.348 e.